The molecule has 1 fully saturated rings. The Labute approximate surface area is 162 Å². The number of nitrogens with one attached hydrogen (secondary N) is 1. The molecule has 0 unspecified atom stereocenters. The molecule has 5 nitrogen and oxygen atoms in total. The summed E-state index contributed by atoms with van der Waals surface area (Å²) in [5.74, 6) is 0.115. The Kier molecular flexibility index (Phi) is 6.25. The molecule has 1 saturated heterocycles. The molecule has 0 radical (unpaired) electrons. The highest BCUT2D eigenvalue weighted by molar-refractivity contribution is 6.42. The van der Waals surface area contributed by atoms with Crippen LogP contribution in [0.25, 0.3) is 0 Å². The van der Waals surface area contributed by atoms with E-state index in [1.807, 2.05) is 24.3 Å². The molecule has 0 aromatic heterocycles. The maximum atomic E-state index is 12.4. The van der Waals surface area contributed by atoms with Crippen LogP contribution in [0.3, 0.4) is 0 Å². The van der Waals surface area contributed by atoms with Gasteiger partial charge in [-0.15, -0.1) is 0 Å². The van der Waals surface area contributed by atoms with Crippen LogP contribution in [0, 0.1) is 0 Å². The van der Waals surface area contributed by atoms with Gasteiger partial charge < -0.3 is 19.7 Å². The quantitative estimate of drug-likeness (QED) is 0.823. The Hall–Kier alpha value is -1.95. The maximum Gasteiger partial charge on any atom is 0.265 e. The molecule has 3 rings (SSSR count). The van der Waals surface area contributed by atoms with Gasteiger partial charge >= 0.3 is 0 Å². The summed E-state index contributed by atoms with van der Waals surface area (Å²) in [4.78, 5) is 14.6. The van der Waals surface area contributed by atoms with Crippen molar-refractivity contribution in [3.8, 4) is 5.75 Å². The lowest BCUT2D eigenvalue weighted by Gasteiger charge is -2.29. The minimum Gasteiger partial charge on any atom is -0.479 e. The van der Waals surface area contributed by atoms with Crippen LogP contribution in [0.15, 0.2) is 42.5 Å². The van der Waals surface area contributed by atoms with Crippen LogP contribution in [0.1, 0.15) is 6.92 Å². The van der Waals surface area contributed by atoms with Crippen LogP contribution in [0.5, 0.6) is 5.75 Å². The lowest BCUT2D eigenvalue weighted by molar-refractivity contribution is -0.122. The Morgan fingerprint density at radius 3 is 2.54 bits per heavy atom. The molecule has 7 heteroatoms. The highest BCUT2D eigenvalue weighted by Gasteiger charge is 2.17. The third-order valence-electron chi connectivity index (χ3n) is 4.10. The van der Waals surface area contributed by atoms with Gasteiger partial charge in [-0.3, -0.25) is 4.79 Å². The lowest BCUT2D eigenvalue weighted by Crippen LogP contribution is -2.36. The second kappa shape index (κ2) is 8.62. The van der Waals surface area contributed by atoms with E-state index in [0.717, 1.165) is 32.0 Å². The molecular formula is C19H20Cl2N2O3. The monoisotopic (exact) mass is 394 g/mol. The molecule has 138 valence electrons. The fourth-order valence-electron chi connectivity index (χ4n) is 2.64. The van der Waals surface area contributed by atoms with Crippen molar-refractivity contribution in [2.75, 3.05) is 36.5 Å². The molecule has 1 heterocycles. The first-order valence-corrected chi connectivity index (χ1v) is 9.14. The zero-order chi connectivity index (χ0) is 18.5. The van der Waals surface area contributed by atoms with E-state index in [4.69, 9.17) is 32.7 Å². The average molecular weight is 395 g/mol. The zero-order valence-corrected chi connectivity index (χ0v) is 15.9. The van der Waals surface area contributed by atoms with Gasteiger partial charge in [0.25, 0.3) is 5.91 Å². The van der Waals surface area contributed by atoms with Crippen molar-refractivity contribution >= 4 is 40.5 Å². The van der Waals surface area contributed by atoms with Crippen molar-refractivity contribution in [1.82, 2.24) is 0 Å². The second-order valence-electron chi connectivity index (χ2n) is 5.95. The number of nitrogens with zero attached hydrogens (tertiary/aromatic N) is 1. The highest BCUT2D eigenvalue weighted by atomic mass is 35.5. The van der Waals surface area contributed by atoms with E-state index in [9.17, 15) is 4.79 Å². The second-order valence-corrected chi connectivity index (χ2v) is 6.73. The summed E-state index contributed by atoms with van der Waals surface area (Å²) in [5, 5.41) is 3.52. The molecule has 1 aliphatic rings. The van der Waals surface area contributed by atoms with E-state index in [1.54, 1.807) is 25.1 Å². The van der Waals surface area contributed by atoms with Gasteiger partial charge in [0.15, 0.2) is 6.10 Å². The predicted octanol–water partition coefficient (Wildman–Crippen LogP) is 4.24. The largest absolute Gasteiger partial charge is 0.479 e. The summed E-state index contributed by atoms with van der Waals surface area (Å²) in [6, 6.07) is 12.8. The molecule has 1 aliphatic heterocycles. The van der Waals surface area contributed by atoms with Crippen LogP contribution < -0.4 is 15.0 Å². The van der Waals surface area contributed by atoms with Crippen LogP contribution in [-0.2, 0) is 9.53 Å². The van der Waals surface area contributed by atoms with Crippen LogP contribution in [-0.4, -0.2) is 38.3 Å². The number of hydrogen-bond donors (Lipinski definition) is 1. The van der Waals surface area contributed by atoms with Gasteiger partial charge in [-0.25, -0.2) is 0 Å². The van der Waals surface area contributed by atoms with Gasteiger partial charge in [0.1, 0.15) is 10.8 Å². The summed E-state index contributed by atoms with van der Waals surface area (Å²) < 4.78 is 11.0. The Morgan fingerprint density at radius 2 is 1.85 bits per heavy atom. The first-order valence-electron chi connectivity index (χ1n) is 8.39. The van der Waals surface area contributed by atoms with Gasteiger partial charge in [-0.05, 0) is 43.3 Å². The van der Waals surface area contributed by atoms with Crippen molar-refractivity contribution in [3.63, 3.8) is 0 Å². The van der Waals surface area contributed by atoms with Gasteiger partial charge in [0, 0.05) is 24.5 Å². The van der Waals surface area contributed by atoms with E-state index < -0.39 is 6.10 Å². The van der Waals surface area contributed by atoms with Crippen LogP contribution in [0.2, 0.25) is 10.0 Å². The van der Waals surface area contributed by atoms with Crippen molar-refractivity contribution in [2.24, 2.45) is 0 Å². The summed E-state index contributed by atoms with van der Waals surface area (Å²) >= 11 is 12.1. The van der Waals surface area contributed by atoms with Gasteiger partial charge in [-0.2, -0.15) is 0 Å². The number of halogens is 2. The molecule has 0 saturated carbocycles. The Balaban J connectivity index is 1.59. The number of morpholine rings is 1. The third kappa shape index (κ3) is 4.61. The van der Waals surface area contributed by atoms with Gasteiger partial charge in [0.05, 0.1) is 18.2 Å². The van der Waals surface area contributed by atoms with Gasteiger partial charge in [-0.1, -0.05) is 29.3 Å². The van der Waals surface area contributed by atoms with Crippen LogP contribution >= 0.6 is 23.2 Å². The summed E-state index contributed by atoms with van der Waals surface area (Å²) in [5.41, 5.74) is 1.82. The molecule has 1 amide bonds. The van der Waals surface area contributed by atoms with E-state index in [-0.39, 0.29) is 5.91 Å². The van der Waals surface area contributed by atoms with E-state index in [1.165, 1.54) is 0 Å². The van der Waals surface area contributed by atoms with Crippen molar-refractivity contribution in [1.29, 1.82) is 0 Å². The molecule has 2 aromatic carbocycles. The molecule has 2 aromatic rings. The third-order valence-corrected chi connectivity index (χ3v) is 4.90. The molecular weight excluding hydrogens is 375 g/mol. The minimum absolute atomic E-state index is 0.264. The number of rotatable bonds is 5. The van der Waals surface area contributed by atoms with Gasteiger partial charge in [0.2, 0.25) is 0 Å². The zero-order valence-electron chi connectivity index (χ0n) is 14.4. The fraction of sp³-hybridized carbons (Fsp3) is 0.316. The molecule has 0 spiro atoms. The summed E-state index contributed by atoms with van der Waals surface area (Å²) in [7, 11) is 0. The number of amides is 1. The fourth-order valence-corrected chi connectivity index (χ4v) is 2.98. The normalized spacial score (nSPS) is 15.4. The lowest BCUT2D eigenvalue weighted by atomic mass is 10.2. The number of anilines is 2. The Morgan fingerprint density at radius 1 is 1.15 bits per heavy atom. The number of carbonyl (C=O) groups excluding carboxylic acids is 1. The standard InChI is InChI=1S/C19H20Cl2N2O3/c1-13(26-17-4-2-3-16(20)18(17)21)19(24)22-14-5-7-15(8-6-14)23-9-11-25-12-10-23/h2-8,13H,9-12H2,1H3,(H,22,24)/t13-/m0/s1. The first-order chi connectivity index (χ1) is 12.5. The molecule has 1 N–H and O–H groups in total. The molecule has 0 bridgehead atoms. The summed E-state index contributed by atoms with van der Waals surface area (Å²) in [6.07, 6.45) is -0.718. The molecule has 1 atom stereocenters. The maximum absolute atomic E-state index is 12.4. The average Bonchev–Trinajstić information content (AvgIpc) is 2.66. The number of ether oxygens (including phenoxy) is 2. The topological polar surface area (TPSA) is 50.8 Å². The van der Waals surface area contributed by atoms with E-state index >= 15 is 0 Å². The van der Waals surface area contributed by atoms with Crippen LogP contribution in [0.4, 0.5) is 11.4 Å². The number of hydrogen-bond acceptors (Lipinski definition) is 4. The van der Waals surface area contributed by atoms with Crippen molar-refractivity contribution < 1.29 is 14.3 Å². The predicted molar refractivity (Wildman–Crippen MR) is 105 cm³/mol. The van der Waals surface area contributed by atoms with Crippen molar-refractivity contribution in [2.45, 2.75) is 13.0 Å². The highest BCUT2D eigenvalue weighted by Crippen LogP contribution is 2.32. The Bertz CT molecular complexity index is 762. The SMILES string of the molecule is C[C@H](Oc1cccc(Cl)c1Cl)C(=O)Nc1ccc(N2CCOCC2)cc1. The first kappa shape index (κ1) is 18.8. The molecule has 26 heavy (non-hydrogen) atoms. The van der Waals surface area contributed by atoms with E-state index in [2.05, 4.69) is 10.2 Å². The summed E-state index contributed by atoms with van der Waals surface area (Å²) in [6.45, 7) is 4.88. The minimum atomic E-state index is -0.718. The number of carbonyl (C=O) groups is 1. The van der Waals surface area contributed by atoms with E-state index in [0.29, 0.717) is 21.5 Å². The number of benzene rings is 2. The van der Waals surface area contributed by atoms with Crippen molar-refractivity contribution in [3.05, 3.63) is 52.5 Å². The smallest absolute Gasteiger partial charge is 0.265 e. The molecule has 0 aliphatic carbocycles.